The van der Waals surface area contributed by atoms with Crippen molar-refractivity contribution in [1.82, 2.24) is 14.9 Å². The fourth-order valence-electron chi connectivity index (χ4n) is 2.66. The molecule has 4 nitrogen and oxygen atoms in total. The summed E-state index contributed by atoms with van der Waals surface area (Å²) in [5.41, 5.74) is 4.68. The average Bonchev–Trinajstić information content (AvgIpc) is 3.03. The Morgan fingerprint density at radius 1 is 1.08 bits per heavy atom. The average molecular weight is 331 g/mol. The van der Waals surface area contributed by atoms with Gasteiger partial charge in [-0.1, -0.05) is 55.1 Å². The van der Waals surface area contributed by atoms with Crippen molar-refractivity contribution in [2.75, 3.05) is 0 Å². The fourth-order valence-corrected chi connectivity index (χ4v) is 2.66. The van der Waals surface area contributed by atoms with Crippen molar-refractivity contribution in [1.29, 1.82) is 0 Å². The summed E-state index contributed by atoms with van der Waals surface area (Å²) >= 11 is 0. The van der Waals surface area contributed by atoms with Gasteiger partial charge in [0.15, 0.2) is 0 Å². The van der Waals surface area contributed by atoms with E-state index in [-0.39, 0.29) is 5.91 Å². The third kappa shape index (κ3) is 4.04. The van der Waals surface area contributed by atoms with Crippen LogP contribution in [0, 0.1) is 0 Å². The summed E-state index contributed by atoms with van der Waals surface area (Å²) in [6, 6.07) is 20.4. The predicted molar refractivity (Wildman–Crippen MR) is 99.5 cm³/mol. The molecule has 0 aliphatic heterocycles. The van der Waals surface area contributed by atoms with Crippen LogP contribution in [0.5, 0.6) is 0 Å². The van der Waals surface area contributed by atoms with Gasteiger partial charge in [-0.15, -0.1) is 0 Å². The van der Waals surface area contributed by atoms with Crippen LogP contribution in [0.25, 0.3) is 5.69 Å². The van der Waals surface area contributed by atoms with Crippen molar-refractivity contribution in [3.05, 3.63) is 96.1 Å². The summed E-state index contributed by atoms with van der Waals surface area (Å²) in [5.74, 6) is -0.153. The zero-order valence-electron chi connectivity index (χ0n) is 14.3. The molecule has 3 rings (SSSR count). The van der Waals surface area contributed by atoms with Gasteiger partial charge < -0.3 is 9.88 Å². The normalized spacial score (nSPS) is 10.4. The molecule has 25 heavy (non-hydrogen) atoms. The Hall–Kier alpha value is -3.14. The minimum atomic E-state index is -0.153. The monoisotopic (exact) mass is 331 g/mol. The standard InChI is InChI=1S/C21H21N3O/c1-16(2)21(25)22-14-19-20(13-17-9-5-3-6-10-17)24(15-23-19)18-11-7-4-8-12-18/h3-12,15H,1,13-14H2,2H3,(H,22,25). The highest BCUT2D eigenvalue weighted by Gasteiger charge is 2.14. The van der Waals surface area contributed by atoms with Crippen LogP contribution in [-0.4, -0.2) is 15.5 Å². The van der Waals surface area contributed by atoms with E-state index in [1.807, 2.05) is 54.9 Å². The van der Waals surface area contributed by atoms with Crippen LogP contribution in [0.3, 0.4) is 0 Å². The Morgan fingerprint density at radius 3 is 2.36 bits per heavy atom. The van der Waals surface area contributed by atoms with Crippen LogP contribution in [0.15, 0.2) is 79.1 Å². The van der Waals surface area contributed by atoms with Crippen LogP contribution in [0.2, 0.25) is 0 Å². The van der Waals surface area contributed by atoms with E-state index in [4.69, 9.17) is 0 Å². The van der Waals surface area contributed by atoms with Gasteiger partial charge in [-0.2, -0.15) is 0 Å². The Labute approximate surface area is 147 Å². The quantitative estimate of drug-likeness (QED) is 0.701. The summed E-state index contributed by atoms with van der Waals surface area (Å²) in [6.45, 7) is 5.75. The van der Waals surface area contributed by atoms with Crippen LogP contribution < -0.4 is 5.32 Å². The van der Waals surface area contributed by atoms with Crippen LogP contribution in [0.4, 0.5) is 0 Å². The highest BCUT2D eigenvalue weighted by Crippen LogP contribution is 2.19. The zero-order chi connectivity index (χ0) is 17.6. The first kappa shape index (κ1) is 16.7. The fraction of sp³-hybridized carbons (Fsp3) is 0.143. The van der Waals surface area contributed by atoms with Gasteiger partial charge in [0.05, 0.1) is 24.3 Å². The van der Waals surface area contributed by atoms with Crippen molar-refractivity contribution in [3.63, 3.8) is 0 Å². The number of nitrogens with one attached hydrogen (secondary N) is 1. The van der Waals surface area contributed by atoms with E-state index < -0.39 is 0 Å². The molecule has 0 fully saturated rings. The van der Waals surface area contributed by atoms with Gasteiger partial charge in [-0.3, -0.25) is 4.79 Å². The molecule has 2 aromatic carbocycles. The zero-order valence-corrected chi connectivity index (χ0v) is 14.3. The number of carbonyl (C=O) groups excluding carboxylic acids is 1. The first-order valence-corrected chi connectivity index (χ1v) is 8.23. The molecule has 0 aliphatic rings. The Kier molecular flexibility index (Phi) is 5.09. The van der Waals surface area contributed by atoms with Gasteiger partial charge in [0.2, 0.25) is 5.91 Å². The lowest BCUT2D eigenvalue weighted by molar-refractivity contribution is -0.117. The molecule has 0 bridgehead atoms. The van der Waals surface area contributed by atoms with Crippen molar-refractivity contribution < 1.29 is 4.79 Å². The lowest BCUT2D eigenvalue weighted by Gasteiger charge is -2.11. The number of benzene rings is 2. The molecular weight excluding hydrogens is 310 g/mol. The smallest absolute Gasteiger partial charge is 0.246 e. The van der Waals surface area contributed by atoms with Crippen molar-refractivity contribution in [3.8, 4) is 5.69 Å². The number of hydrogen-bond donors (Lipinski definition) is 1. The molecule has 4 heteroatoms. The van der Waals surface area contributed by atoms with E-state index in [1.165, 1.54) is 5.56 Å². The third-order valence-corrected chi connectivity index (χ3v) is 4.01. The Morgan fingerprint density at radius 2 is 1.72 bits per heavy atom. The number of rotatable bonds is 6. The molecule has 1 heterocycles. The van der Waals surface area contributed by atoms with Crippen LogP contribution in [0.1, 0.15) is 23.9 Å². The highest BCUT2D eigenvalue weighted by atomic mass is 16.1. The summed E-state index contributed by atoms with van der Waals surface area (Å²) in [4.78, 5) is 16.4. The van der Waals surface area contributed by atoms with Gasteiger partial charge in [-0.05, 0) is 24.6 Å². The summed E-state index contributed by atoms with van der Waals surface area (Å²) in [6.07, 6.45) is 2.56. The number of aromatic nitrogens is 2. The number of nitrogens with zero attached hydrogens (tertiary/aromatic N) is 2. The van der Waals surface area contributed by atoms with Crippen LogP contribution >= 0.6 is 0 Å². The van der Waals surface area contributed by atoms with Crippen molar-refractivity contribution in [2.45, 2.75) is 19.9 Å². The van der Waals surface area contributed by atoms with Gasteiger partial charge in [-0.25, -0.2) is 4.98 Å². The molecule has 0 radical (unpaired) electrons. The maximum Gasteiger partial charge on any atom is 0.246 e. The lowest BCUT2D eigenvalue weighted by atomic mass is 10.1. The van der Waals surface area contributed by atoms with Gasteiger partial charge in [0.25, 0.3) is 0 Å². The lowest BCUT2D eigenvalue weighted by Crippen LogP contribution is -2.24. The molecule has 0 unspecified atom stereocenters. The number of amides is 1. The first-order valence-electron chi connectivity index (χ1n) is 8.23. The van der Waals surface area contributed by atoms with Crippen LogP contribution in [-0.2, 0) is 17.8 Å². The highest BCUT2D eigenvalue weighted by molar-refractivity contribution is 5.91. The van der Waals surface area contributed by atoms with Crippen molar-refractivity contribution in [2.24, 2.45) is 0 Å². The summed E-state index contributed by atoms with van der Waals surface area (Å²) < 4.78 is 2.08. The molecular formula is C21H21N3O. The van der Waals surface area contributed by atoms with Gasteiger partial charge in [0, 0.05) is 17.7 Å². The molecule has 0 spiro atoms. The minimum absolute atomic E-state index is 0.153. The molecule has 0 saturated carbocycles. The second kappa shape index (κ2) is 7.62. The summed E-state index contributed by atoms with van der Waals surface area (Å²) in [5, 5.41) is 2.88. The van der Waals surface area contributed by atoms with Gasteiger partial charge in [0.1, 0.15) is 0 Å². The Balaban J connectivity index is 1.93. The number of hydrogen-bond acceptors (Lipinski definition) is 2. The largest absolute Gasteiger partial charge is 0.347 e. The number of carbonyl (C=O) groups is 1. The molecule has 1 N–H and O–H groups in total. The molecule has 1 aromatic heterocycles. The van der Waals surface area contributed by atoms with E-state index in [0.29, 0.717) is 12.1 Å². The van der Waals surface area contributed by atoms with Crippen molar-refractivity contribution >= 4 is 5.91 Å². The molecule has 0 aliphatic carbocycles. The number of para-hydroxylation sites is 1. The first-order chi connectivity index (χ1) is 12.1. The van der Waals surface area contributed by atoms with E-state index in [2.05, 4.69) is 33.6 Å². The SMILES string of the molecule is C=C(C)C(=O)NCc1ncn(-c2ccccc2)c1Cc1ccccc1. The molecule has 126 valence electrons. The minimum Gasteiger partial charge on any atom is -0.347 e. The molecule has 0 atom stereocenters. The molecule has 1 amide bonds. The maximum atomic E-state index is 11.8. The third-order valence-electron chi connectivity index (χ3n) is 4.01. The predicted octanol–water partition coefficient (Wildman–Crippen LogP) is 3.66. The number of imidazole rings is 1. The van der Waals surface area contributed by atoms with E-state index in [9.17, 15) is 4.79 Å². The molecule has 3 aromatic rings. The summed E-state index contributed by atoms with van der Waals surface area (Å²) in [7, 11) is 0. The topological polar surface area (TPSA) is 46.9 Å². The Bertz CT molecular complexity index is 867. The second-order valence-corrected chi connectivity index (χ2v) is 5.97. The maximum absolute atomic E-state index is 11.8. The van der Waals surface area contributed by atoms with E-state index >= 15 is 0 Å². The van der Waals surface area contributed by atoms with Gasteiger partial charge >= 0.3 is 0 Å². The van der Waals surface area contributed by atoms with E-state index in [0.717, 1.165) is 23.5 Å². The van der Waals surface area contributed by atoms with E-state index in [1.54, 1.807) is 6.92 Å². The molecule has 0 saturated heterocycles. The second-order valence-electron chi connectivity index (χ2n) is 5.97.